The molecular weight excluding hydrogens is 618 g/mol. The second kappa shape index (κ2) is 14.0. The third kappa shape index (κ3) is 6.96. The number of piperazine rings is 1. The number of hydrogen-bond acceptors (Lipinski definition) is 10. The van der Waals surface area contributed by atoms with Gasteiger partial charge in [0.2, 0.25) is 5.95 Å². The van der Waals surface area contributed by atoms with Gasteiger partial charge < -0.3 is 25.2 Å². The molecule has 2 N–H and O–H groups in total. The first-order valence-electron chi connectivity index (χ1n) is 18.6. The van der Waals surface area contributed by atoms with E-state index in [1.54, 1.807) is 31.3 Å². The van der Waals surface area contributed by atoms with E-state index in [4.69, 9.17) is 9.72 Å². The zero-order valence-electron chi connectivity index (χ0n) is 30.1. The Morgan fingerprint density at radius 2 is 1.86 bits per heavy atom. The summed E-state index contributed by atoms with van der Waals surface area (Å²) in [6.45, 7) is 11.1. The number of benzene rings is 1. The van der Waals surface area contributed by atoms with Gasteiger partial charge in [-0.25, -0.2) is 9.99 Å². The van der Waals surface area contributed by atoms with E-state index in [-0.39, 0.29) is 23.9 Å². The minimum atomic E-state index is -0.345. The third-order valence-corrected chi connectivity index (χ3v) is 11.8. The van der Waals surface area contributed by atoms with Crippen molar-refractivity contribution in [3.05, 3.63) is 30.0 Å². The summed E-state index contributed by atoms with van der Waals surface area (Å²) in [6, 6.07) is 6.05. The number of nitrogens with zero attached hydrogens (tertiary/aromatic N) is 7. The number of amides is 2. The average Bonchev–Trinajstić information content (AvgIpc) is 4.05. The number of aromatic nitrogens is 2. The van der Waals surface area contributed by atoms with E-state index in [0.717, 1.165) is 37.8 Å². The molecule has 2 atom stereocenters. The van der Waals surface area contributed by atoms with Crippen molar-refractivity contribution >= 4 is 35.0 Å². The molecule has 2 unspecified atom stereocenters. The molecule has 2 aliphatic heterocycles. The monoisotopic (exact) mass is 673 g/mol. The molecule has 5 aliphatic rings. The van der Waals surface area contributed by atoms with E-state index >= 15 is 0 Å². The number of anilines is 4. The van der Waals surface area contributed by atoms with Gasteiger partial charge in [0, 0.05) is 71.0 Å². The Morgan fingerprint density at radius 1 is 1.10 bits per heavy atom. The zero-order valence-corrected chi connectivity index (χ0v) is 30.1. The van der Waals surface area contributed by atoms with Crippen LogP contribution in [0.4, 0.5) is 23.1 Å². The van der Waals surface area contributed by atoms with Crippen LogP contribution >= 0.6 is 0 Å². The van der Waals surface area contributed by atoms with Gasteiger partial charge in [-0.15, -0.1) is 0 Å². The standard InChI is InChI=1S/C37H55N9O3/c1-6-16-42(3)46-29(7-2)35(48)43(4)30-23-38-36(41-33(30)46)40-28-11-10-26(21-31(28)49-5)34(47)39-27-12-14-37(15-13-27)22-32(37)45-19-17-44(18-20-45)24-25-8-9-25/h10-11,21,23,25,27,29,32H,6-9,12-20,22,24H2,1-5H3,(H,39,47)(H,38,40,41). The van der Waals surface area contributed by atoms with Crippen molar-refractivity contribution in [2.24, 2.45) is 11.3 Å². The second-order valence-corrected chi connectivity index (χ2v) is 15.1. The molecule has 0 bridgehead atoms. The first-order valence-corrected chi connectivity index (χ1v) is 18.6. The molecule has 4 fully saturated rings. The van der Waals surface area contributed by atoms with Gasteiger partial charge in [-0.2, -0.15) is 4.98 Å². The van der Waals surface area contributed by atoms with Crippen LogP contribution in [0.15, 0.2) is 24.4 Å². The van der Waals surface area contributed by atoms with Gasteiger partial charge in [0.1, 0.15) is 17.5 Å². The molecule has 1 aromatic carbocycles. The summed E-state index contributed by atoms with van der Waals surface area (Å²) in [6.07, 6.45) is 12.0. The number of rotatable bonds is 12. The molecule has 12 nitrogen and oxygen atoms in total. The summed E-state index contributed by atoms with van der Waals surface area (Å²) in [5.41, 5.74) is 2.36. The molecule has 3 heterocycles. The lowest BCUT2D eigenvalue weighted by Crippen LogP contribution is -2.58. The van der Waals surface area contributed by atoms with Gasteiger partial charge in [-0.3, -0.25) is 19.5 Å². The molecule has 1 aromatic heterocycles. The van der Waals surface area contributed by atoms with E-state index in [1.807, 2.05) is 31.1 Å². The number of ether oxygens (including phenoxy) is 1. The van der Waals surface area contributed by atoms with Crippen molar-refractivity contribution in [2.75, 3.05) is 75.7 Å². The summed E-state index contributed by atoms with van der Waals surface area (Å²) >= 11 is 0. The molecule has 3 saturated carbocycles. The van der Waals surface area contributed by atoms with Crippen LogP contribution in [0.1, 0.15) is 82.0 Å². The van der Waals surface area contributed by atoms with Crippen LogP contribution in [0.25, 0.3) is 0 Å². The summed E-state index contributed by atoms with van der Waals surface area (Å²) in [5, 5.41) is 10.7. The van der Waals surface area contributed by atoms with E-state index < -0.39 is 0 Å². The quantitative estimate of drug-likeness (QED) is 0.334. The molecule has 2 amide bonds. The van der Waals surface area contributed by atoms with E-state index in [9.17, 15) is 9.59 Å². The Bertz CT molecular complexity index is 1520. The third-order valence-electron chi connectivity index (χ3n) is 11.8. The van der Waals surface area contributed by atoms with E-state index in [1.165, 1.54) is 64.8 Å². The van der Waals surface area contributed by atoms with Gasteiger partial charge in [0.15, 0.2) is 5.82 Å². The number of likely N-dealkylation sites (N-methyl/N-ethyl adjacent to an activating group) is 1. The van der Waals surface area contributed by atoms with Crippen molar-refractivity contribution < 1.29 is 14.3 Å². The maximum atomic E-state index is 13.4. The maximum Gasteiger partial charge on any atom is 0.251 e. The molecule has 1 spiro atoms. The topological polar surface area (TPSA) is 109 Å². The Kier molecular flexibility index (Phi) is 9.73. The number of hydrogen-bond donors (Lipinski definition) is 2. The van der Waals surface area contributed by atoms with Crippen molar-refractivity contribution in [3.8, 4) is 5.75 Å². The van der Waals surface area contributed by atoms with Gasteiger partial charge >= 0.3 is 0 Å². The van der Waals surface area contributed by atoms with Gasteiger partial charge in [-0.05, 0) is 87.3 Å². The minimum absolute atomic E-state index is 0.0233. The Morgan fingerprint density at radius 3 is 2.53 bits per heavy atom. The Hall–Kier alpha value is -3.48. The fraction of sp³-hybridized carbons (Fsp3) is 0.676. The predicted octanol–water partition coefficient (Wildman–Crippen LogP) is 4.51. The summed E-state index contributed by atoms with van der Waals surface area (Å²) in [5.74, 6) is 2.53. The second-order valence-electron chi connectivity index (χ2n) is 15.1. The fourth-order valence-corrected chi connectivity index (χ4v) is 8.57. The average molecular weight is 674 g/mol. The van der Waals surface area contributed by atoms with Crippen molar-refractivity contribution in [1.82, 2.24) is 30.1 Å². The molecule has 7 rings (SSSR count). The lowest BCUT2D eigenvalue weighted by molar-refractivity contribution is -0.120. The Balaban J connectivity index is 0.959. The first kappa shape index (κ1) is 34.0. The highest BCUT2D eigenvalue weighted by molar-refractivity contribution is 6.04. The van der Waals surface area contributed by atoms with Crippen LogP contribution in [0.2, 0.25) is 0 Å². The lowest BCUT2D eigenvalue weighted by atomic mass is 9.82. The fourth-order valence-electron chi connectivity index (χ4n) is 8.57. The number of fused-ring (bicyclic) bond motifs is 1. The van der Waals surface area contributed by atoms with Crippen LogP contribution in [-0.2, 0) is 4.79 Å². The largest absolute Gasteiger partial charge is 0.495 e. The number of methoxy groups -OCH3 is 1. The molecule has 3 aliphatic carbocycles. The molecular formula is C37H55N9O3. The molecule has 266 valence electrons. The highest BCUT2D eigenvalue weighted by atomic mass is 16.5. The van der Waals surface area contributed by atoms with Crippen LogP contribution in [0.5, 0.6) is 5.75 Å². The number of carbonyl (C=O) groups is 2. The van der Waals surface area contributed by atoms with Crippen LogP contribution in [-0.4, -0.2) is 115 Å². The summed E-state index contributed by atoms with van der Waals surface area (Å²) in [7, 11) is 5.36. The molecule has 0 radical (unpaired) electrons. The highest BCUT2D eigenvalue weighted by Gasteiger charge is 2.57. The minimum Gasteiger partial charge on any atom is -0.495 e. The van der Waals surface area contributed by atoms with Crippen LogP contribution in [0, 0.1) is 11.3 Å². The maximum absolute atomic E-state index is 13.4. The predicted molar refractivity (Wildman–Crippen MR) is 192 cm³/mol. The molecule has 12 heteroatoms. The van der Waals surface area contributed by atoms with Gasteiger partial charge in [0.05, 0.1) is 19.0 Å². The van der Waals surface area contributed by atoms with Crippen molar-refractivity contribution in [1.29, 1.82) is 0 Å². The molecule has 49 heavy (non-hydrogen) atoms. The van der Waals surface area contributed by atoms with E-state index in [2.05, 4.69) is 37.4 Å². The van der Waals surface area contributed by atoms with Gasteiger partial charge in [0.25, 0.3) is 11.8 Å². The molecule has 1 saturated heterocycles. The van der Waals surface area contributed by atoms with Crippen LogP contribution < -0.4 is 25.3 Å². The normalized spacial score (nSPS) is 27.4. The Labute approximate surface area is 291 Å². The summed E-state index contributed by atoms with van der Waals surface area (Å²) in [4.78, 5) is 43.1. The number of nitrogens with one attached hydrogen (secondary N) is 2. The number of carbonyl (C=O) groups excluding carboxylic acids is 2. The van der Waals surface area contributed by atoms with Crippen LogP contribution in [0.3, 0.4) is 0 Å². The van der Waals surface area contributed by atoms with Gasteiger partial charge in [-0.1, -0.05) is 13.8 Å². The number of hydrazine groups is 1. The SMILES string of the molecule is CCCN(C)N1c2nc(Nc3ccc(C(=O)NC4CCC5(CC4)CC5N4CCN(CC5CC5)CC4)cc3OC)ncc2N(C)C(=O)C1CC. The smallest absolute Gasteiger partial charge is 0.251 e. The lowest BCUT2D eigenvalue weighted by Gasteiger charge is -2.44. The first-order chi connectivity index (χ1) is 23.7. The van der Waals surface area contributed by atoms with Crippen molar-refractivity contribution in [3.63, 3.8) is 0 Å². The van der Waals surface area contributed by atoms with Crippen molar-refractivity contribution in [2.45, 2.75) is 89.8 Å². The molecule has 2 aromatic rings. The highest BCUT2D eigenvalue weighted by Crippen LogP contribution is 2.59. The zero-order chi connectivity index (χ0) is 34.3. The summed E-state index contributed by atoms with van der Waals surface area (Å²) < 4.78 is 5.72. The van der Waals surface area contributed by atoms with E-state index in [0.29, 0.717) is 46.3 Å².